The molecule has 0 fully saturated rings. The Kier molecular flexibility index (Phi) is 2.18. The number of rotatable bonds is 2. The highest BCUT2D eigenvalue weighted by Gasteiger charge is 2.39. The fourth-order valence-corrected chi connectivity index (χ4v) is 4.88. The highest BCUT2D eigenvalue weighted by atomic mass is 16.3. The minimum Gasteiger partial charge on any atom is -0.454 e. The summed E-state index contributed by atoms with van der Waals surface area (Å²) < 4.78 is 116. The van der Waals surface area contributed by atoms with Crippen molar-refractivity contribution in [3.63, 3.8) is 0 Å². The number of furan rings is 1. The second-order valence-corrected chi connectivity index (χ2v) is 8.54. The fourth-order valence-electron chi connectivity index (χ4n) is 4.88. The summed E-state index contributed by atoms with van der Waals surface area (Å²) in [5, 5.41) is 1.06. The third-order valence-electron chi connectivity index (χ3n) is 6.54. The van der Waals surface area contributed by atoms with E-state index in [2.05, 4.69) is 4.98 Å². The number of hydrogen-bond acceptors (Lipinski definition) is 2. The molecule has 0 saturated carbocycles. The molecule has 2 aromatic carbocycles. The fraction of sp³-hybridized carbons (Fsp3) is 0.267. The van der Waals surface area contributed by atoms with Gasteiger partial charge in [-0.2, -0.15) is 0 Å². The van der Waals surface area contributed by atoms with E-state index in [1.807, 2.05) is 0 Å². The predicted octanol–water partition coefficient (Wildman–Crippen LogP) is 7.21. The van der Waals surface area contributed by atoms with E-state index in [9.17, 15) is 0 Å². The topological polar surface area (TPSA) is 29.9 Å². The zero-order valence-electron chi connectivity index (χ0n) is 31.1. The average molecular weight is 447 g/mol. The zero-order chi connectivity index (χ0) is 34.0. The van der Waals surface area contributed by atoms with Gasteiger partial charge in [-0.1, -0.05) is 63.8 Å². The molecule has 1 aliphatic carbocycles. The smallest absolute Gasteiger partial charge is 0.216 e. The molecule has 5 aromatic rings. The summed E-state index contributed by atoms with van der Waals surface area (Å²) in [5.74, 6) is -2.93. The molecule has 0 saturated heterocycles. The van der Waals surface area contributed by atoms with E-state index in [0.29, 0.717) is 38.7 Å². The molecule has 1 aliphatic rings. The molecule has 3 aromatic heterocycles. The number of pyridine rings is 2. The Balaban J connectivity index is 1.71. The zero-order valence-corrected chi connectivity index (χ0v) is 18.1. The van der Waals surface area contributed by atoms with Crippen molar-refractivity contribution in [2.75, 3.05) is 0 Å². The van der Waals surface area contributed by atoms with E-state index in [0.717, 1.165) is 0 Å². The second kappa shape index (κ2) is 6.77. The first-order valence-corrected chi connectivity index (χ1v) is 10.5. The molecule has 3 heterocycles. The van der Waals surface area contributed by atoms with Crippen molar-refractivity contribution in [1.29, 1.82) is 0 Å². The quantitative estimate of drug-likeness (QED) is 0.268. The first-order valence-electron chi connectivity index (χ1n) is 17.0. The van der Waals surface area contributed by atoms with Crippen LogP contribution in [0.15, 0.2) is 65.3 Å². The lowest BCUT2D eigenvalue weighted by Crippen LogP contribution is -2.31. The third-order valence-corrected chi connectivity index (χ3v) is 6.54. The molecule has 0 amide bonds. The molecule has 0 spiro atoms. The van der Waals surface area contributed by atoms with Crippen molar-refractivity contribution in [2.24, 2.45) is 7.05 Å². The molecule has 3 heteroatoms. The standard InChI is InChI=1S/C30H29N2O/c1-17(2)19-13-14-32(6)24(15-19)25-18(3)11-12-20-22-16-31-29-26(28(22)33-27(20)25)21-9-7-8-10-23(21)30(29,4)5/h7-17H,1-6H3/q+1/i1D3,2D3,4D3,5D3,17D. The maximum atomic E-state index is 8.73. The molecule has 164 valence electrons. The summed E-state index contributed by atoms with van der Waals surface area (Å²) in [6, 6.07) is 12.7. The molecule has 0 unspecified atom stereocenters. The largest absolute Gasteiger partial charge is 0.454 e. The van der Waals surface area contributed by atoms with Crippen LogP contribution < -0.4 is 4.57 Å². The lowest BCUT2D eigenvalue weighted by Gasteiger charge is -2.19. The highest BCUT2D eigenvalue weighted by Crippen LogP contribution is 2.51. The molecule has 6 rings (SSSR count). The van der Waals surface area contributed by atoms with Crippen LogP contribution in [-0.2, 0) is 12.5 Å². The summed E-state index contributed by atoms with van der Waals surface area (Å²) in [4.78, 5) is 4.52. The van der Waals surface area contributed by atoms with E-state index >= 15 is 0 Å². The van der Waals surface area contributed by atoms with Crippen molar-refractivity contribution < 1.29 is 26.8 Å². The van der Waals surface area contributed by atoms with E-state index in [1.54, 1.807) is 48.9 Å². The highest BCUT2D eigenvalue weighted by molar-refractivity contribution is 6.14. The summed E-state index contributed by atoms with van der Waals surface area (Å²) in [6.07, 6.45) is 2.90. The van der Waals surface area contributed by atoms with Crippen molar-refractivity contribution in [3.8, 4) is 22.4 Å². The van der Waals surface area contributed by atoms with Crippen molar-refractivity contribution in [1.82, 2.24) is 4.98 Å². The Morgan fingerprint density at radius 1 is 1.03 bits per heavy atom. The molecule has 0 atom stereocenters. The van der Waals surface area contributed by atoms with Gasteiger partial charge in [-0.05, 0) is 35.1 Å². The van der Waals surface area contributed by atoms with Gasteiger partial charge in [0.15, 0.2) is 6.20 Å². The van der Waals surface area contributed by atoms with E-state index in [4.69, 9.17) is 22.2 Å². The van der Waals surface area contributed by atoms with E-state index < -0.39 is 38.7 Å². The lowest BCUT2D eigenvalue weighted by molar-refractivity contribution is -0.660. The summed E-state index contributed by atoms with van der Waals surface area (Å²) in [6.45, 7) is -10.6. The van der Waals surface area contributed by atoms with Gasteiger partial charge in [0.1, 0.15) is 18.2 Å². The lowest BCUT2D eigenvalue weighted by atomic mass is 9.85. The van der Waals surface area contributed by atoms with Gasteiger partial charge < -0.3 is 4.42 Å². The first-order chi connectivity index (χ1) is 21.1. The third kappa shape index (κ3) is 2.68. The SMILES string of the molecule is [2H]C([2H])([2H])C([2H])(c1cc[n+](C)c(-c2c(C)ccc3c2oc2c4c(ncc23)C(C([2H])([2H])[2H])(C([2H])([2H])[2H])c2ccccc2-4)c1)C([2H])([2H])[2H]. The van der Waals surface area contributed by atoms with Crippen LogP contribution in [0.2, 0.25) is 0 Å². The monoisotopic (exact) mass is 446 g/mol. The minimum atomic E-state index is -3.19. The van der Waals surface area contributed by atoms with Crippen LogP contribution in [0.4, 0.5) is 0 Å². The normalized spacial score (nSPS) is 21.9. The summed E-state index contributed by atoms with van der Waals surface area (Å²) in [7, 11) is 1.69. The van der Waals surface area contributed by atoms with E-state index in [-0.39, 0.29) is 28.0 Å². The van der Waals surface area contributed by atoms with Crippen molar-refractivity contribution in [3.05, 3.63) is 83.3 Å². The number of benzene rings is 2. The van der Waals surface area contributed by atoms with Crippen LogP contribution in [-0.4, -0.2) is 4.98 Å². The van der Waals surface area contributed by atoms with Gasteiger partial charge in [0.25, 0.3) is 0 Å². The van der Waals surface area contributed by atoms with Crippen LogP contribution >= 0.6 is 0 Å². The van der Waals surface area contributed by atoms with Crippen molar-refractivity contribution >= 4 is 21.9 Å². The molecule has 0 bridgehead atoms. The van der Waals surface area contributed by atoms with Crippen LogP contribution in [0.5, 0.6) is 0 Å². The molecule has 0 N–H and O–H groups in total. The molecular weight excluding hydrogens is 404 g/mol. The Labute approximate surface area is 213 Å². The number of hydrogen-bond donors (Lipinski definition) is 0. The van der Waals surface area contributed by atoms with Gasteiger partial charge in [0.2, 0.25) is 5.69 Å². The molecule has 3 nitrogen and oxygen atoms in total. The Hall–Kier alpha value is -3.46. The van der Waals surface area contributed by atoms with Crippen LogP contribution in [0.1, 0.15) is 73.5 Å². The number of nitrogens with zero attached hydrogens (tertiary/aromatic N) is 2. The first kappa shape index (κ1) is 10.6. The van der Waals surface area contributed by atoms with Gasteiger partial charge in [-0.25, -0.2) is 4.57 Å². The van der Waals surface area contributed by atoms with Crippen LogP contribution in [0.3, 0.4) is 0 Å². The Morgan fingerprint density at radius 2 is 1.85 bits per heavy atom. The molecule has 0 radical (unpaired) electrons. The number of fused-ring (bicyclic) bond motifs is 7. The maximum absolute atomic E-state index is 8.73. The Bertz CT molecular complexity index is 2020. The minimum absolute atomic E-state index is 0.0991. The average Bonchev–Trinajstić information content (AvgIpc) is 3.45. The van der Waals surface area contributed by atoms with Crippen molar-refractivity contribution in [2.45, 2.75) is 45.6 Å². The van der Waals surface area contributed by atoms with Crippen LogP contribution in [0.25, 0.3) is 44.3 Å². The maximum Gasteiger partial charge on any atom is 0.216 e. The van der Waals surface area contributed by atoms with Gasteiger partial charge in [0, 0.05) is 57.9 Å². The van der Waals surface area contributed by atoms with Gasteiger partial charge >= 0.3 is 0 Å². The van der Waals surface area contributed by atoms with Gasteiger partial charge in [-0.3, -0.25) is 4.98 Å². The molecular formula is C30H29N2O+. The predicted molar refractivity (Wildman–Crippen MR) is 135 cm³/mol. The van der Waals surface area contributed by atoms with Gasteiger partial charge in [-0.15, -0.1) is 0 Å². The number of aromatic nitrogens is 2. The van der Waals surface area contributed by atoms with E-state index in [1.165, 1.54) is 30.6 Å². The Morgan fingerprint density at radius 3 is 2.67 bits per heavy atom. The molecule has 33 heavy (non-hydrogen) atoms. The van der Waals surface area contributed by atoms with Gasteiger partial charge in [0.05, 0.1) is 11.3 Å². The summed E-state index contributed by atoms with van der Waals surface area (Å²) >= 11 is 0. The van der Waals surface area contributed by atoms with Crippen LogP contribution in [0, 0.1) is 6.92 Å². The number of aryl methyl sites for hydroxylation is 2. The summed E-state index contributed by atoms with van der Waals surface area (Å²) in [5.41, 5.74) is 0.0242. The molecule has 0 aliphatic heterocycles. The second-order valence-electron chi connectivity index (χ2n) is 8.54.